The maximum absolute atomic E-state index is 9.97. The summed E-state index contributed by atoms with van der Waals surface area (Å²) in [5.74, 6) is 0.944. The quantitative estimate of drug-likeness (QED) is 0.757. The summed E-state index contributed by atoms with van der Waals surface area (Å²) in [5.41, 5.74) is 4.04. The third kappa shape index (κ3) is 3.31. The lowest BCUT2D eigenvalue weighted by atomic mass is 9.97. The lowest BCUT2D eigenvalue weighted by Gasteiger charge is -2.34. The van der Waals surface area contributed by atoms with Crippen molar-refractivity contribution in [2.75, 3.05) is 18.0 Å². The number of aliphatic hydroxyl groups is 1. The maximum Gasteiger partial charge on any atom is 0.225 e. The van der Waals surface area contributed by atoms with Crippen LogP contribution in [-0.4, -0.2) is 39.3 Å². The molecule has 0 aromatic carbocycles. The Morgan fingerprint density at radius 2 is 2.16 bits per heavy atom. The molecule has 0 aliphatic carbocycles. The minimum Gasteiger partial charge on any atom is -0.393 e. The largest absolute Gasteiger partial charge is 0.393 e. The molecule has 1 saturated heterocycles. The van der Waals surface area contributed by atoms with E-state index in [4.69, 9.17) is 4.98 Å². The molecule has 2 atom stereocenters. The third-order valence-corrected chi connectivity index (χ3v) is 6.22. The van der Waals surface area contributed by atoms with Crippen LogP contribution in [0.5, 0.6) is 0 Å². The SMILES string of the molecule is Cc1csc(-c2nc(N3CCC(O)C(C)C3)ncc2-c2ccsc2)n1. The standard InChI is InChI=1S/C18H20N4OS2/c1-11-8-22(5-3-15(11)23)18-19-7-14(13-4-6-24-10-13)16(21-18)17-20-12(2)9-25-17/h4,6-7,9-11,15,23H,3,5,8H2,1-2H3. The van der Waals surface area contributed by atoms with Crippen LogP contribution < -0.4 is 4.90 Å². The van der Waals surface area contributed by atoms with Crippen molar-refractivity contribution in [1.29, 1.82) is 0 Å². The minimum atomic E-state index is -0.234. The number of hydrogen-bond acceptors (Lipinski definition) is 7. The van der Waals surface area contributed by atoms with Crippen molar-refractivity contribution >= 4 is 28.6 Å². The van der Waals surface area contributed by atoms with Gasteiger partial charge in [0.2, 0.25) is 5.95 Å². The van der Waals surface area contributed by atoms with E-state index in [1.807, 2.05) is 18.5 Å². The number of nitrogens with zero attached hydrogens (tertiary/aromatic N) is 4. The smallest absolute Gasteiger partial charge is 0.225 e. The Bertz CT molecular complexity index is 862. The van der Waals surface area contributed by atoms with Crippen LogP contribution in [0.15, 0.2) is 28.4 Å². The highest BCUT2D eigenvalue weighted by atomic mass is 32.1. The van der Waals surface area contributed by atoms with E-state index in [0.29, 0.717) is 0 Å². The fourth-order valence-electron chi connectivity index (χ4n) is 3.09. The number of piperidine rings is 1. The molecule has 1 aliphatic rings. The van der Waals surface area contributed by atoms with Crippen molar-refractivity contribution in [3.8, 4) is 21.8 Å². The van der Waals surface area contributed by atoms with Crippen molar-refractivity contribution < 1.29 is 5.11 Å². The number of aromatic nitrogens is 3. The highest BCUT2D eigenvalue weighted by molar-refractivity contribution is 7.13. The van der Waals surface area contributed by atoms with Gasteiger partial charge in [0.25, 0.3) is 0 Å². The second-order valence-electron chi connectivity index (χ2n) is 6.52. The summed E-state index contributed by atoms with van der Waals surface area (Å²) in [6.07, 6.45) is 2.43. The number of anilines is 1. The number of thiophene rings is 1. The van der Waals surface area contributed by atoms with Crippen molar-refractivity contribution in [1.82, 2.24) is 15.0 Å². The van der Waals surface area contributed by atoms with Crippen LogP contribution in [0.25, 0.3) is 21.8 Å². The highest BCUT2D eigenvalue weighted by Gasteiger charge is 2.26. The summed E-state index contributed by atoms with van der Waals surface area (Å²) in [4.78, 5) is 16.3. The Hall–Kier alpha value is -1.83. The van der Waals surface area contributed by atoms with E-state index >= 15 is 0 Å². The Kier molecular flexibility index (Phi) is 4.54. The molecule has 5 nitrogen and oxygen atoms in total. The topological polar surface area (TPSA) is 62.1 Å². The second kappa shape index (κ2) is 6.82. The van der Waals surface area contributed by atoms with Gasteiger partial charge in [-0.1, -0.05) is 6.92 Å². The molecule has 3 aromatic rings. The lowest BCUT2D eigenvalue weighted by Crippen LogP contribution is -2.42. The Labute approximate surface area is 155 Å². The first kappa shape index (κ1) is 16.6. The zero-order valence-corrected chi connectivity index (χ0v) is 15.8. The highest BCUT2D eigenvalue weighted by Crippen LogP contribution is 2.34. The van der Waals surface area contributed by atoms with Crippen molar-refractivity contribution in [3.05, 3.63) is 34.1 Å². The van der Waals surface area contributed by atoms with E-state index in [1.165, 1.54) is 0 Å². The van der Waals surface area contributed by atoms with Crippen LogP contribution in [-0.2, 0) is 0 Å². The molecule has 1 N–H and O–H groups in total. The summed E-state index contributed by atoms with van der Waals surface area (Å²) in [6, 6.07) is 2.09. The van der Waals surface area contributed by atoms with Crippen LogP contribution in [0.1, 0.15) is 19.0 Å². The van der Waals surface area contributed by atoms with Crippen LogP contribution in [0, 0.1) is 12.8 Å². The van der Waals surface area contributed by atoms with Gasteiger partial charge in [-0.2, -0.15) is 11.3 Å². The van der Waals surface area contributed by atoms with E-state index in [2.05, 4.69) is 38.6 Å². The first-order valence-electron chi connectivity index (χ1n) is 8.37. The summed E-state index contributed by atoms with van der Waals surface area (Å²) in [6.45, 7) is 5.62. The van der Waals surface area contributed by atoms with Crippen LogP contribution in [0.3, 0.4) is 0 Å². The van der Waals surface area contributed by atoms with Crippen molar-refractivity contribution in [2.24, 2.45) is 5.92 Å². The molecule has 0 bridgehead atoms. The second-order valence-corrected chi connectivity index (χ2v) is 8.16. The molecule has 130 valence electrons. The van der Waals surface area contributed by atoms with Gasteiger partial charge in [-0.05, 0) is 41.7 Å². The van der Waals surface area contributed by atoms with Crippen molar-refractivity contribution in [2.45, 2.75) is 26.4 Å². The molecule has 7 heteroatoms. The van der Waals surface area contributed by atoms with E-state index in [1.54, 1.807) is 22.7 Å². The van der Waals surface area contributed by atoms with Gasteiger partial charge >= 0.3 is 0 Å². The summed E-state index contributed by atoms with van der Waals surface area (Å²) in [5, 5.41) is 17.1. The van der Waals surface area contributed by atoms with Gasteiger partial charge in [0.05, 0.1) is 6.10 Å². The van der Waals surface area contributed by atoms with Crippen LogP contribution in [0.2, 0.25) is 0 Å². The first-order valence-corrected chi connectivity index (χ1v) is 10.2. The Morgan fingerprint density at radius 3 is 2.84 bits per heavy atom. The molecule has 0 spiro atoms. The fourth-order valence-corrected chi connectivity index (χ4v) is 4.55. The van der Waals surface area contributed by atoms with E-state index in [9.17, 15) is 5.11 Å². The zero-order chi connectivity index (χ0) is 17.4. The molecule has 4 rings (SSSR count). The fraction of sp³-hybridized carbons (Fsp3) is 0.389. The lowest BCUT2D eigenvalue weighted by molar-refractivity contribution is 0.0966. The van der Waals surface area contributed by atoms with Crippen LogP contribution in [0.4, 0.5) is 5.95 Å². The number of hydrogen-bond donors (Lipinski definition) is 1. The van der Waals surface area contributed by atoms with Crippen LogP contribution >= 0.6 is 22.7 Å². The predicted molar refractivity (Wildman–Crippen MR) is 103 cm³/mol. The molecule has 1 fully saturated rings. The van der Waals surface area contributed by atoms with E-state index < -0.39 is 0 Å². The number of thiazole rings is 1. The van der Waals surface area contributed by atoms with Gasteiger partial charge in [-0.3, -0.25) is 0 Å². The molecule has 2 unspecified atom stereocenters. The van der Waals surface area contributed by atoms with Gasteiger partial charge in [0, 0.05) is 35.9 Å². The number of rotatable bonds is 3. The van der Waals surface area contributed by atoms with Crippen molar-refractivity contribution in [3.63, 3.8) is 0 Å². The summed E-state index contributed by atoms with van der Waals surface area (Å²) < 4.78 is 0. The molecule has 4 heterocycles. The minimum absolute atomic E-state index is 0.222. The number of aryl methyl sites for hydroxylation is 1. The number of aliphatic hydroxyl groups excluding tert-OH is 1. The Balaban J connectivity index is 1.76. The van der Waals surface area contributed by atoms with E-state index in [-0.39, 0.29) is 12.0 Å². The third-order valence-electron chi connectivity index (χ3n) is 4.57. The maximum atomic E-state index is 9.97. The molecular formula is C18H20N4OS2. The average molecular weight is 373 g/mol. The summed E-state index contributed by atoms with van der Waals surface area (Å²) in [7, 11) is 0. The van der Waals surface area contributed by atoms with Gasteiger partial charge in [-0.25, -0.2) is 15.0 Å². The molecule has 25 heavy (non-hydrogen) atoms. The predicted octanol–water partition coefficient (Wildman–Crippen LogP) is 3.84. The summed E-state index contributed by atoms with van der Waals surface area (Å²) >= 11 is 3.28. The zero-order valence-electron chi connectivity index (χ0n) is 14.2. The van der Waals surface area contributed by atoms with Gasteiger partial charge in [-0.15, -0.1) is 11.3 Å². The molecule has 0 saturated carbocycles. The molecule has 0 amide bonds. The molecule has 1 aliphatic heterocycles. The van der Waals surface area contributed by atoms with E-state index in [0.717, 1.165) is 53.0 Å². The Morgan fingerprint density at radius 1 is 1.28 bits per heavy atom. The molecular weight excluding hydrogens is 352 g/mol. The molecule has 3 aromatic heterocycles. The van der Waals surface area contributed by atoms with Gasteiger partial charge < -0.3 is 10.0 Å². The average Bonchev–Trinajstić information content (AvgIpc) is 3.28. The normalized spacial score (nSPS) is 20.8. The van der Waals surface area contributed by atoms with Gasteiger partial charge in [0.15, 0.2) is 0 Å². The monoisotopic (exact) mass is 372 g/mol. The van der Waals surface area contributed by atoms with Gasteiger partial charge in [0.1, 0.15) is 10.7 Å². The first-order chi connectivity index (χ1) is 12.1. The molecule has 0 radical (unpaired) electrons.